The van der Waals surface area contributed by atoms with Crippen molar-refractivity contribution in [3.05, 3.63) is 89.5 Å². The molecule has 0 radical (unpaired) electrons. The number of anilines is 2. The van der Waals surface area contributed by atoms with Crippen LogP contribution in [0, 0.1) is 23.0 Å². The largest absolute Gasteiger partial charge is 0.450 e. The molecule has 8 nitrogen and oxygen atoms in total. The molecular formula is C27H26F2N4O4S. The Morgan fingerprint density at radius 2 is 1.58 bits per heavy atom. The number of hydrogen-bond acceptors (Lipinski definition) is 6. The zero-order valence-electron chi connectivity index (χ0n) is 20.7. The maximum Gasteiger partial charge on any atom is 0.409 e. The Kier molecular flexibility index (Phi) is 8.12. The highest BCUT2D eigenvalue weighted by Gasteiger charge is 2.28. The van der Waals surface area contributed by atoms with Gasteiger partial charge in [-0.3, -0.25) is 4.31 Å². The van der Waals surface area contributed by atoms with E-state index in [0.717, 1.165) is 16.4 Å². The molecular weight excluding hydrogens is 514 g/mol. The number of hydrogen-bond donors (Lipinski definition) is 0. The van der Waals surface area contributed by atoms with Gasteiger partial charge < -0.3 is 14.5 Å². The predicted octanol–water partition coefficient (Wildman–Crippen LogP) is 4.51. The van der Waals surface area contributed by atoms with Crippen LogP contribution >= 0.6 is 0 Å². The first-order valence-corrected chi connectivity index (χ1v) is 13.4. The first-order chi connectivity index (χ1) is 18.2. The maximum absolute atomic E-state index is 13.6. The van der Waals surface area contributed by atoms with Gasteiger partial charge in [0.1, 0.15) is 17.7 Å². The molecule has 0 aromatic heterocycles. The van der Waals surface area contributed by atoms with Crippen molar-refractivity contribution >= 4 is 27.5 Å². The number of ether oxygens (including phenoxy) is 1. The van der Waals surface area contributed by atoms with Gasteiger partial charge in [-0.15, -0.1) is 0 Å². The number of carbonyl (C=O) groups excluding carboxylic acids is 1. The molecule has 0 spiro atoms. The molecule has 198 valence electrons. The lowest BCUT2D eigenvalue weighted by molar-refractivity contribution is 0.105. The quantitative estimate of drug-likeness (QED) is 0.438. The molecule has 1 heterocycles. The maximum atomic E-state index is 13.6. The summed E-state index contributed by atoms with van der Waals surface area (Å²) >= 11 is 0. The summed E-state index contributed by atoms with van der Waals surface area (Å²) in [5.41, 5.74) is 1.62. The number of amides is 1. The molecule has 0 unspecified atom stereocenters. The summed E-state index contributed by atoms with van der Waals surface area (Å²) in [5, 5.41) is 9.92. The van der Waals surface area contributed by atoms with Crippen LogP contribution in [0.4, 0.5) is 25.0 Å². The van der Waals surface area contributed by atoms with E-state index < -0.39 is 21.7 Å². The van der Waals surface area contributed by atoms with Gasteiger partial charge in [0.15, 0.2) is 0 Å². The lowest BCUT2D eigenvalue weighted by Gasteiger charge is -2.36. The molecule has 1 aliphatic rings. The fourth-order valence-electron chi connectivity index (χ4n) is 4.19. The minimum Gasteiger partial charge on any atom is -0.450 e. The third-order valence-electron chi connectivity index (χ3n) is 6.18. The molecule has 0 N–H and O–H groups in total. The first kappa shape index (κ1) is 26.9. The Morgan fingerprint density at radius 1 is 0.974 bits per heavy atom. The number of nitrogens with zero attached hydrogens (tertiary/aromatic N) is 4. The molecule has 0 bridgehead atoms. The molecule has 1 saturated heterocycles. The standard InChI is InChI=1S/C27H26F2N4O4S/c1-2-37-27(34)32-15-13-31(14-16-32)26-12-9-24(17-21(26)18-30)33(19-20-3-5-22(28)6-4-20)38(35,36)25-10-7-23(29)8-11-25/h3-12,17H,2,13-16,19H2,1H3. The van der Waals surface area contributed by atoms with E-state index in [1.807, 2.05) is 4.90 Å². The van der Waals surface area contributed by atoms with Gasteiger partial charge in [0.25, 0.3) is 10.0 Å². The van der Waals surface area contributed by atoms with Crippen molar-refractivity contribution in [2.24, 2.45) is 0 Å². The number of halogens is 2. The van der Waals surface area contributed by atoms with Crippen LogP contribution < -0.4 is 9.21 Å². The second-order valence-electron chi connectivity index (χ2n) is 8.58. The van der Waals surface area contributed by atoms with Crippen LogP contribution in [0.15, 0.2) is 71.6 Å². The Hall–Kier alpha value is -4.17. The van der Waals surface area contributed by atoms with Gasteiger partial charge in [-0.1, -0.05) is 12.1 Å². The van der Waals surface area contributed by atoms with Crippen molar-refractivity contribution in [3.8, 4) is 6.07 Å². The van der Waals surface area contributed by atoms with E-state index >= 15 is 0 Å². The molecule has 38 heavy (non-hydrogen) atoms. The van der Waals surface area contributed by atoms with Crippen molar-refractivity contribution in [1.29, 1.82) is 5.26 Å². The molecule has 11 heteroatoms. The highest BCUT2D eigenvalue weighted by atomic mass is 32.2. The number of piperazine rings is 1. The van der Waals surface area contributed by atoms with E-state index in [0.29, 0.717) is 37.4 Å². The Labute approximate surface area is 220 Å². The van der Waals surface area contributed by atoms with Crippen LogP contribution in [-0.4, -0.2) is 52.2 Å². The average Bonchev–Trinajstić information content (AvgIpc) is 2.93. The average molecular weight is 541 g/mol. The van der Waals surface area contributed by atoms with Crippen LogP contribution in [0.25, 0.3) is 0 Å². The summed E-state index contributed by atoms with van der Waals surface area (Å²) in [6.45, 7) is 3.67. The number of nitriles is 1. The van der Waals surface area contributed by atoms with Crippen molar-refractivity contribution in [2.75, 3.05) is 42.0 Å². The van der Waals surface area contributed by atoms with Crippen LogP contribution in [0.3, 0.4) is 0 Å². The predicted molar refractivity (Wildman–Crippen MR) is 138 cm³/mol. The van der Waals surface area contributed by atoms with Crippen LogP contribution in [0.1, 0.15) is 18.1 Å². The van der Waals surface area contributed by atoms with Crippen LogP contribution in [0.5, 0.6) is 0 Å². The summed E-state index contributed by atoms with van der Waals surface area (Å²) in [6.07, 6.45) is -0.384. The fourth-order valence-corrected chi connectivity index (χ4v) is 5.64. The minimum absolute atomic E-state index is 0.126. The van der Waals surface area contributed by atoms with Gasteiger partial charge in [-0.2, -0.15) is 5.26 Å². The van der Waals surface area contributed by atoms with E-state index in [2.05, 4.69) is 6.07 Å². The molecule has 0 aliphatic carbocycles. The number of carbonyl (C=O) groups is 1. The third-order valence-corrected chi connectivity index (χ3v) is 7.96. The summed E-state index contributed by atoms with van der Waals surface area (Å²) in [4.78, 5) is 15.4. The Bertz CT molecular complexity index is 1430. The van der Waals surface area contributed by atoms with Gasteiger partial charge in [0.2, 0.25) is 0 Å². The van der Waals surface area contributed by atoms with E-state index in [4.69, 9.17) is 4.74 Å². The summed E-state index contributed by atoms with van der Waals surface area (Å²) < 4.78 is 60.4. The molecule has 3 aromatic rings. The number of sulfonamides is 1. The van der Waals surface area contributed by atoms with Crippen LogP contribution in [-0.2, 0) is 21.3 Å². The number of rotatable bonds is 7. The SMILES string of the molecule is CCOC(=O)N1CCN(c2ccc(N(Cc3ccc(F)cc3)S(=O)(=O)c3ccc(F)cc3)cc2C#N)CC1. The molecule has 1 amide bonds. The van der Waals surface area contributed by atoms with Crippen molar-refractivity contribution in [3.63, 3.8) is 0 Å². The van der Waals surface area contributed by atoms with E-state index in [1.165, 1.54) is 42.5 Å². The highest BCUT2D eigenvalue weighted by molar-refractivity contribution is 7.92. The third kappa shape index (κ3) is 5.86. The lowest BCUT2D eigenvalue weighted by Crippen LogP contribution is -2.49. The van der Waals surface area contributed by atoms with Gasteiger partial charge in [-0.25, -0.2) is 22.0 Å². The van der Waals surface area contributed by atoms with E-state index in [9.17, 15) is 27.3 Å². The smallest absolute Gasteiger partial charge is 0.409 e. The normalized spacial score (nSPS) is 13.6. The van der Waals surface area contributed by atoms with Gasteiger partial charge in [0, 0.05) is 26.2 Å². The highest BCUT2D eigenvalue weighted by Crippen LogP contribution is 2.31. The molecule has 0 saturated carbocycles. The fraction of sp³-hybridized carbons (Fsp3) is 0.259. The summed E-state index contributed by atoms with van der Waals surface area (Å²) in [5.74, 6) is -1.03. The Balaban J connectivity index is 1.67. The molecule has 0 atom stereocenters. The Morgan fingerprint density at radius 3 is 2.16 bits per heavy atom. The van der Waals surface area contributed by atoms with Crippen molar-refractivity contribution < 1.29 is 26.7 Å². The minimum atomic E-state index is -4.17. The topological polar surface area (TPSA) is 93.9 Å². The molecule has 1 aliphatic heterocycles. The van der Waals surface area contributed by atoms with Gasteiger partial charge in [-0.05, 0) is 67.1 Å². The van der Waals surface area contributed by atoms with Crippen LogP contribution in [0.2, 0.25) is 0 Å². The number of benzene rings is 3. The second-order valence-corrected chi connectivity index (χ2v) is 10.4. The van der Waals surface area contributed by atoms with Gasteiger partial charge in [0.05, 0.1) is 35.0 Å². The monoisotopic (exact) mass is 540 g/mol. The van der Waals surface area contributed by atoms with Crippen molar-refractivity contribution in [2.45, 2.75) is 18.4 Å². The second kappa shape index (κ2) is 11.5. The molecule has 4 rings (SSSR count). The lowest BCUT2D eigenvalue weighted by atomic mass is 10.1. The van der Waals surface area contributed by atoms with Gasteiger partial charge >= 0.3 is 6.09 Å². The first-order valence-electron chi connectivity index (χ1n) is 12.0. The van der Waals surface area contributed by atoms with E-state index in [1.54, 1.807) is 24.0 Å². The molecule has 3 aromatic carbocycles. The summed E-state index contributed by atoms with van der Waals surface area (Å²) in [6, 6.07) is 16.8. The zero-order valence-corrected chi connectivity index (χ0v) is 21.5. The summed E-state index contributed by atoms with van der Waals surface area (Å²) in [7, 11) is -4.17. The zero-order chi connectivity index (χ0) is 27.3. The molecule has 1 fully saturated rings. The van der Waals surface area contributed by atoms with E-state index in [-0.39, 0.29) is 35.4 Å². The van der Waals surface area contributed by atoms with Crippen molar-refractivity contribution in [1.82, 2.24) is 4.90 Å².